The Labute approximate surface area is 248 Å². The van der Waals surface area contributed by atoms with E-state index >= 15 is 0 Å². The number of carbonyl (C=O) groups is 1. The summed E-state index contributed by atoms with van der Waals surface area (Å²) in [4.78, 5) is 22.6. The van der Waals surface area contributed by atoms with E-state index in [1.807, 2.05) is 33.8 Å². The molecule has 0 unspecified atom stereocenters. The topological polar surface area (TPSA) is 135 Å². The van der Waals surface area contributed by atoms with Crippen LogP contribution in [0.4, 0.5) is 5.69 Å². The van der Waals surface area contributed by atoms with Crippen LogP contribution in [0.1, 0.15) is 55.0 Å². The monoisotopic (exact) mass is 560 g/mol. The molecule has 0 spiro atoms. The zero-order valence-electron chi connectivity index (χ0n) is 25.2. The molecule has 0 aliphatic heterocycles. The van der Waals surface area contributed by atoms with Crippen molar-refractivity contribution < 1.29 is 19.4 Å². The Morgan fingerprint density at radius 3 is 1.79 bits per heavy atom. The van der Waals surface area contributed by atoms with Gasteiger partial charge in [0, 0.05) is 12.4 Å². The fraction of sp³-hybridized carbons (Fsp3) is 0.250. The third-order valence-electron chi connectivity index (χ3n) is 7.72. The third kappa shape index (κ3) is 6.65. The number of carboxylic acids is 1. The van der Waals surface area contributed by atoms with Gasteiger partial charge < -0.3 is 20.4 Å². The van der Waals surface area contributed by atoms with E-state index < -0.39 is 5.97 Å². The van der Waals surface area contributed by atoms with Crippen LogP contribution < -0.4 is 16.7 Å². The van der Waals surface area contributed by atoms with Gasteiger partial charge in [-0.3, -0.25) is 4.98 Å². The van der Waals surface area contributed by atoms with Crippen LogP contribution in [0.25, 0.3) is 22.7 Å². The molecular formula is C32H34B2N4O4. The van der Waals surface area contributed by atoms with Gasteiger partial charge in [-0.1, -0.05) is 23.1 Å². The molecule has 5 aromatic rings. The molecule has 4 N–H and O–H groups in total. The van der Waals surface area contributed by atoms with E-state index in [1.165, 1.54) is 35.0 Å². The molecule has 8 nitrogen and oxygen atoms in total. The maximum atomic E-state index is 10.2. The number of phenolic OH excluding ortho intramolecular Hbond substituents is 1. The van der Waals surface area contributed by atoms with Crippen LogP contribution in [-0.2, 0) is 0 Å². The normalized spacial score (nSPS) is 10.5. The highest BCUT2D eigenvalue weighted by molar-refractivity contribution is 6.32. The molecule has 5 rings (SSSR count). The molecule has 10 heteroatoms. The highest BCUT2D eigenvalue weighted by Gasteiger charge is 2.17. The van der Waals surface area contributed by atoms with Crippen molar-refractivity contribution >= 4 is 49.4 Å². The summed E-state index contributed by atoms with van der Waals surface area (Å²) in [5.74, 6) is -0.271. The minimum absolute atomic E-state index is 0.00852. The van der Waals surface area contributed by atoms with Crippen molar-refractivity contribution in [2.24, 2.45) is 0 Å². The number of phenols is 1. The number of aromatic nitrogens is 3. The number of aromatic carboxylic acids is 1. The Bertz CT molecular complexity index is 1610. The van der Waals surface area contributed by atoms with E-state index in [9.17, 15) is 9.90 Å². The second-order valence-electron chi connectivity index (χ2n) is 10.2. The maximum absolute atomic E-state index is 10.2. The summed E-state index contributed by atoms with van der Waals surface area (Å²) in [6.45, 7) is 16.2. The number of nitrogens with two attached hydrogens (primary N) is 1. The summed E-state index contributed by atoms with van der Waals surface area (Å²) in [6, 6.07) is 6.48. The van der Waals surface area contributed by atoms with Crippen LogP contribution in [-0.4, -0.2) is 46.8 Å². The van der Waals surface area contributed by atoms with E-state index in [2.05, 4.69) is 42.6 Å². The SMILES string of the molecule is Cc1c(C)c(C)c(O)c(N)c1C.[B]c1ccc(-c2nc3c(C)c(C)c(C)c(C)c3o2)nc1.[B]c1ccc(C(=O)O)nc1. The molecule has 0 saturated heterocycles. The lowest BCUT2D eigenvalue weighted by atomic mass is 9.97. The Morgan fingerprint density at radius 1 is 0.738 bits per heavy atom. The molecular weight excluding hydrogens is 526 g/mol. The molecule has 0 saturated carbocycles. The first-order chi connectivity index (χ1) is 19.6. The lowest BCUT2D eigenvalue weighted by Crippen LogP contribution is -2.07. The lowest BCUT2D eigenvalue weighted by molar-refractivity contribution is 0.0690. The molecule has 2 aromatic carbocycles. The van der Waals surface area contributed by atoms with Crippen molar-refractivity contribution in [3.8, 4) is 17.3 Å². The fourth-order valence-electron chi connectivity index (χ4n) is 4.23. The molecule has 0 amide bonds. The number of fused-ring (bicyclic) bond motifs is 1. The summed E-state index contributed by atoms with van der Waals surface area (Å²) < 4.78 is 5.93. The van der Waals surface area contributed by atoms with Gasteiger partial charge in [0.1, 0.15) is 38.3 Å². The van der Waals surface area contributed by atoms with Crippen molar-refractivity contribution in [2.45, 2.75) is 55.4 Å². The molecule has 0 aliphatic carbocycles. The predicted octanol–water partition coefficient (Wildman–Crippen LogP) is 4.70. The summed E-state index contributed by atoms with van der Waals surface area (Å²) >= 11 is 0. The number of aryl methyl sites for hydroxylation is 2. The first-order valence-corrected chi connectivity index (χ1v) is 13.2. The largest absolute Gasteiger partial charge is 0.505 e. The standard InChI is InChI=1S/C16H15BN2O.C10H15NO.C6H4BNO2/c1-8-9(2)11(4)15-14(10(8)3)19-16(20-15)13-6-5-12(17)7-18-13;1-5-6(2)8(4)10(12)9(11)7(5)3;7-4-1-2-5(6(9)10)8-3-4/h5-7H,1-4H3;12H,11H2,1-4H3;1-3H,(H,9,10). The summed E-state index contributed by atoms with van der Waals surface area (Å²) in [5, 5.41) is 17.9. The fourth-order valence-corrected chi connectivity index (χ4v) is 4.23. The second-order valence-corrected chi connectivity index (χ2v) is 10.2. The van der Waals surface area contributed by atoms with E-state index in [0.29, 0.717) is 28.2 Å². The zero-order valence-corrected chi connectivity index (χ0v) is 25.2. The number of nitrogen functional groups attached to an aromatic ring is 1. The van der Waals surface area contributed by atoms with Gasteiger partial charge in [-0.25, -0.2) is 14.8 Å². The lowest BCUT2D eigenvalue weighted by Gasteiger charge is -2.13. The summed E-state index contributed by atoms with van der Waals surface area (Å²) in [6.07, 6.45) is 2.92. The van der Waals surface area contributed by atoms with Crippen LogP contribution in [0.5, 0.6) is 5.75 Å². The van der Waals surface area contributed by atoms with Crippen molar-refractivity contribution in [3.05, 3.63) is 86.9 Å². The molecule has 3 aromatic heterocycles. The van der Waals surface area contributed by atoms with Crippen molar-refractivity contribution in [3.63, 3.8) is 0 Å². The van der Waals surface area contributed by atoms with Gasteiger partial charge in [0.2, 0.25) is 5.89 Å². The van der Waals surface area contributed by atoms with Crippen LogP contribution in [0.15, 0.2) is 41.1 Å². The van der Waals surface area contributed by atoms with Crippen LogP contribution in [0.2, 0.25) is 0 Å². The molecule has 0 atom stereocenters. The van der Waals surface area contributed by atoms with Gasteiger partial charge >= 0.3 is 5.97 Å². The number of rotatable bonds is 2. The first kappa shape index (κ1) is 31.9. The van der Waals surface area contributed by atoms with Gasteiger partial charge in [0.05, 0.1) is 5.69 Å². The van der Waals surface area contributed by atoms with E-state index in [0.717, 1.165) is 38.9 Å². The highest BCUT2D eigenvalue weighted by atomic mass is 16.4. The Hall–Kier alpha value is -4.59. The Kier molecular flexibility index (Phi) is 9.83. The maximum Gasteiger partial charge on any atom is 0.354 e. The zero-order chi connectivity index (χ0) is 31.5. The number of anilines is 1. The summed E-state index contributed by atoms with van der Waals surface area (Å²) in [7, 11) is 10.9. The molecule has 0 bridgehead atoms. The number of aromatic hydroxyl groups is 1. The number of oxazole rings is 1. The average Bonchev–Trinajstić information content (AvgIpc) is 3.43. The van der Waals surface area contributed by atoms with Gasteiger partial charge in [0.25, 0.3) is 0 Å². The molecule has 4 radical (unpaired) electrons. The smallest absolute Gasteiger partial charge is 0.354 e. The van der Waals surface area contributed by atoms with Gasteiger partial charge in [-0.15, -0.1) is 0 Å². The second kappa shape index (κ2) is 12.9. The van der Waals surface area contributed by atoms with Gasteiger partial charge in [0.15, 0.2) is 5.58 Å². The minimum Gasteiger partial charge on any atom is -0.505 e. The van der Waals surface area contributed by atoms with Crippen LogP contribution >= 0.6 is 0 Å². The Balaban J connectivity index is 0.000000188. The van der Waals surface area contributed by atoms with Gasteiger partial charge in [-0.2, -0.15) is 0 Å². The minimum atomic E-state index is -1.04. The van der Waals surface area contributed by atoms with Gasteiger partial charge in [-0.05, 0) is 112 Å². The van der Waals surface area contributed by atoms with E-state index in [4.69, 9.17) is 30.9 Å². The van der Waals surface area contributed by atoms with E-state index in [-0.39, 0.29) is 11.4 Å². The number of benzene rings is 2. The van der Waals surface area contributed by atoms with Crippen LogP contribution in [0.3, 0.4) is 0 Å². The average molecular weight is 560 g/mol. The highest BCUT2D eigenvalue weighted by Crippen LogP contribution is 2.34. The Morgan fingerprint density at radius 2 is 1.26 bits per heavy atom. The van der Waals surface area contributed by atoms with Crippen molar-refractivity contribution in [1.82, 2.24) is 15.0 Å². The first-order valence-electron chi connectivity index (χ1n) is 13.2. The number of pyridine rings is 2. The number of carboxylic acid groups (broad SMARTS) is 1. The van der Waals surface area contributed by atoms with E-state index in [1.54, 1.807) is 12.3 Å². The molecule has 0 aliphatic rings. The molecule has 0 fully saturated rings. The molecule has 212 valence electrons. The number of nitrogens with zero attached hydrogens (tertiary/aromatic N) is 3. The van der Waals surface area contributed by atoms with Crippen molar-refractivity contribution in [1.29, 1.82) is 0 Å². The molecule has 42 heavy (non-hydrogen) atoms. The third-order valence-corrected chi connectivity index (χ3v) is 7.72. The molecule has 3 heterocycles. The quantitative estimate of drug-likeness (QED) is 0.161. The van der Waals surface area contributed by atoms with Crippen molar-refractivity contribution in [2.75, 3.05) is 5.73 Å². The summed E-state index contributed by atoms with van der Waals surface area (Å²) in [5.41, 5.74) is 18.7. The van der Waals surface area contributed by atoms with Crippen LogP contribution in [0, 0.1) is 55.4 Å². The number of hydrogen-bond donors (Lipinski definition) is 3. The number of hydrogen-bond acceptors (Lipinski definition) is 7. The predicted molar refractivity (Wildman–Crippen MR) is 170 cm³/mol.